The number of rotatable bonds is 5. The molecular formula is C59H46N2. The van der Waals surface area contributed by atoms with Crippen molar-refractivity contribution in [2.45, 2.75) is 38.5 Å². The Bertz CT molecular complexity index is 3210. The average Bonchev–Trinajstić information content (AvgIpc) is 3.53. The molecule has 292 valence electrons. The normalized spacial score (nSPS) is 14.8. The van der Waals surface area contributed by atoms with E-state index < -0.39 is 0 Å². The standard InChI is InChI=1S/C59H46N2/c1-59(2)54-34-39(22-30-52(54)53-32-29-47(38-55(53)59)60-33-11-15-41-12-3-8-18-56(41)60)21-23-40-27-31-50(51-17-7-6-16-49(40)51)44-25-24-43-37-48(28-26-42(43)35-44)61-57-19-9-4-13-45(57)36-46-14-5-10-20-58(46)61/h3-10,12-14,16-32,34-35,37-38H,11,15,33,36H2,1-2H3. The SMILES string of the molecule is CC1(C)c2cc(C=Cc3ccc(-c4ccc5cc(N6c7ccccc7Cc7ccccc76)ccc5c4)c4ccccc34)ccc2-c2ccc(N3CCCc4ccccc43)cc21. The molecule has 61 heavy (non-hydrogen) atoms. The van der Waals surface area contributed by atoms with Crippen LogP contribution in [0.5, 0.6) is 0 Å². The molecule has 2 heterocycles. The van der Waals surface area contributed by atoms with Crippen molar-refractivity contribution in [3.05, 3.63) is 221 Å². The molecule has 2 heteroatoms. The van der Waals surface area contributed by atoms with Crippen LogP contribution in [0.2, 0.25) is 0 Å². The molecule has 9 aromatic carbocycles. The zero-order valence-corrected chi connectivity index (χ0v) is 34.7. The van der Waals surface area contributed by atoms with E-state index >= 15 is 0 Å². The van der Waals surface area contributed by atoms with Crippen LogP contribution in [0.1, 0.15) is 59.2 Å². The zero-order valence-electron chi connectivity index (χ0n) is 34.7. The molecular weight excluding hydrogens is 737 g/mol. The smallest absolute Gasteiger partial charge is 0.0497 e. The monoisotopic (exact) mass is 782 g/mol. The van der Waals surface area contributed by atoms with Gasteiger partial charge in [0, 0.05) is 46.8 Å². The highest BCUT2D eigenvalue weighted by Gasteiger charge is 2.36. The summed E-state index contributed by atoms with van der Waals surface area (Å²) >= 11 is 0. The first-order chi connectivity index (χ1) is 30.0. The van der Waals surface area contributed by atoms with Gasteiger partial charge < -0.3 is 9.80 Å². The van der Waals surface area contributed by atoms with Gasteiger partial charge >= 0.3 is 0 Å². The Hall–Kier alpha value is -7.16. The molecule has 2 nitrogen and oxygen atoms in total. The molecule has 0 atom stereocenters. The zero-order chi connectivity index (χ0) is 40.7. The molecule has 0 unspecified atom stereocenters. The van der Waals surface area contributed by atoms with E-state index in [0.717, 1.165) is 19.4 Å². The fourth-order valence-electron chi connectivity index (χ4n) is 10.6. The van der Waals surface area contributed by atoms with Crippen molar-refractivity contribution < 1.29 is 0 Å². The van der Waals surface area contributed by atoms with E-state index in [2.05, 4.69) is 218 Å². The maximum absolute atomic E-state index is 2.52. The van der Waals surface area contributed by atoms with Crippen LogP contribution in [0.15, 0.2) is 182 Å². The molecule has 2 aliphatic heterocycles. The highest BCUT2D eigenvalue weighted by molar-refractivity contribution is 6.04. The minimum Gasteiger partial charge on any atom is -0.341 e. The van der Waals surface area contributed by atoms with Gasteiger partial charge in [-0.3, -0.25) is 0 Å². The van der Waals surface area contributed by atoms with Gasteiger partial charge in [0.1, 0.15) is 0 Å². The largest absolute Gasteiger partial charge is 0.341 e. The van der Waals surface area contributed by atoms with Gasteiger partial charge in [0.25, 0.3) is 0 Å². The third-order valence-corrected chi connectivity index (χ3v) is 13.8. The number of anilines is 5. The van der Waals surface area contributed by atoms with Crippen LogP contribution in [0.25, 0.3) is 56.0 Å². The van der Waals surface area contributed by atoms with E-state index in [1.165, 1.54) is 118 Å². The third-order valence-electron chi connectivity index (χ3n) is 13.8. The molecule has 0 N–H and O–H groups in total. The van der Waals surface area contributed by atoms with Crippen LogP contribution < -0.4 is 9.80 Å². The van der Waals surface area contributed by atoms with Gasteiger partial charge in [-0.2, -0.15) is 0 Å². The van der Waals surface area contributed by atoms with Crippen molar-refractivity contribution in [1.82, 2.24) is 0 Å². The van der Waals surface area contributed by atoms with Crippen molar-refractivity contribution in [2.24, 2.45) is 0 Å². The van der Waals surface area contributed by atoms with Crippen molar-refractivity contribution in [1.29, 1.82) is 0 Å². The summed E-state index contributed by atoms with van der Waals surface area (Å²) in [6.45, 7) is 5.84. The number of nitrogens with zero attached hydrogens (tertiary/aromatic N) is 2. The van der Waals surface area contributed by atoms with Crippen LogP contribution in [0, 0.1) is 0 Å². The fourth-order valence-corrected chi connectivity index (χ4v) is 10.6. The van der Waals surface area contributed by atoms with E-state index in [0.29, 0.717) is 0 Å². The molecule has 3 aliphatic rings. The van der Waals surface area contributed by atoms with Crippen molar-refractivity contribution in [3.63, 3.8) is 0 Å². The summed E-state index contributed by atoms with van der Waals surface area (Å²) < 4.78 is 0. The number of para-hydroxylation sites is 3. The van der Waals surface area contributed by atoms with Gasteiger partial charge in [0.2, 0.25) is 0 Å². The summed E-state index contributed by atoms with van der Waals surface area (Å²) in [5, 5.41) is 5.00. The van der Waals surface area contributed by atoms with Gasteiger partial charge in [-0.25, -0.2) is 0 Å². The lowest BCUT2D eigenvalue weighted by Gasteiger charge is -2.33. The summed E-state index contributed by atoms with van der Waals surface area (Å²) in [4.78, 5) is 4.95. The van der Waals surface area contributed by atoms with Gasteiger partial charge in [-0.05, 0) is 144 Å². The molecule has 0 saturated heterocycles. The number of hydrogen-bond acceptors (Lipinski definition) is 2. The lowest BCUT2D eigenvalue weighted by Crippen LogP contribution is -2.25. The van der Waals surface area contributed by atoms with E-state index in [9.17, 15) is 0 Å². The minimum atomic E-state index is -0.0972. The van der Waals surface area contributed by atoms with Crippen LogP contribution in [-0.2, 0) is 18.3 Å². The summed E-state index contributed by atoms with van der Waals surface area (Å²) in [5.41, 5.74) is 20.9. The van der Waals surface area contributed by atoms with Crippen LogP contribution in [-0.4, -0.2) is 6.54 Å². The Morgan fingerprint density at radius 2 is 1.10 bits per heavy atom. The maximum Gasteiger partial charge on any atom is 0.0497 e. The van der Waals surface area contributed by atoms with E-state index in [1.807, 2.05) is 0 Å². The molecule has 12 rings (SSSR count). The quantitative estimate of drug-likeness (QED) is 0.160. The molecule has 0 spiro atoms. The van der Waals surface area contributed by atoms with Gasteiger partial charge in [-0.15, -0.1) is 0 Å². The molecule has 0 amide bonds. The number of fused-ring (bicyclic) bond motifs is 8. The third kappa shape index (κ3) is 5.85. The molecule has 1 aliphatic carbocycles. The highest BCUT2D eigenvalue weighted by Crippen LogP contribution is 2.51. The number of benzene rings is 9. The Morgan fingerprint density at radius 3 is 1.90 bits per heavy atom. The van der Waals surface area contributed by atoms with Crippen molar-refractivity contribution in [2.75, 3.05) is 16.3 Å². The first-order valence-corrected chi connectivity index (χ1v) is 21.8. The highest BCUT2D eigenvalue weighted by atomic mass is 15.2. The number of hydrogen-bond donors (Lipinski definition) is 0. The van der Waals surface area contributed by atoms with Crippen LogP contribution >= 0.6 is 0 Å². The van der Waals surface area contributed by atoms with E-state index in [-0.39, 0.29) is 5.41 Å². The Morgan fingerprint density at radius 1 is 0.475 bits per heavy atom. The fraction of sp³-hybridized carbons (Fsp3) is 0.119. The van der Waals surface area contributed by atoms with Gasteiger partial charge in [-0.1, -0.05) is 159 Å². The second-order valence-electron chi connectivity index (χ2n) is 17.6. The summed E-state index contributed by atoms with van der Waals surface area (Å²) in [6.07, 6.45) is 7.89. The molecule has 0 bridgehead atoms. The lowest BCUT2D eigenvalue weighted by molar-refractivity contribution is 0.659. The molecule has 9 aromatic rings. The van der Waals surface area contributed by atoms with Crippen molar-refractivity contribution in [3.8, 4) is 22.3 Å². The summed E-state index contributed by atoms with van der Waals surface area (Å²) in [7, 11) is 0. The second kappa shape index (κ2) is 14.0. The minimum absolute atomic E-state index is 0.0972. The van der Waals surface area contributed by atoms with Crippen LogP contribution in [0.4, 0.5) is 28.4 Å². The topological polar surface area (TPSA) is 6.48 Å². The second-order valence-corrected chi connectivity index (χ2v) is 17.6. The first-order valence-electron chi connectivity index (χ1n) is 21.8. The Labute approximate surface area is 358 Å². The number of aryl methyl sites for hydroxylation is 1. The summed E-state index contributed by atoms with van der Waals surface area (Å²) in [6, 6.07) is 68.0. The molecule has 0 aromatic heterocycles. The maximum atomic E-state index is 2.52. The van der Waals surface area contributed by atoms with E-state index in [4.69, 9.17) is 0 Å². The molecule has 0 saturated carbocycles. The van der Waals surface area contributed by atoms with Gasteiger partial charge in [0.15, 0.2) is 0 Å². The predicted octanol–water partition coefficient (Wildman–Crippen LogP) is 15.6. The van der Waals surface area contributed by atoms with E-state index in [1.54, 1.807) is 0 Å². The lowest BCUT2D eigenvalue weighted by atomic mass is 9.81. The van der Waals surface area contributed by atoms with Gasteiger partial charge in [0.05, 0.1) is 0 Å². The average molecular weight is 783 g/mol. The Kier molecular flexibility index (Phi) is 8.19. The first kappa shape index (κ1) is 35.8. The Balaban J connectivity index is 0.841. The summed E-state index contributed by atoms with van der Waals surface area (Å²) in [5.74, 6) is 0. The van der Waals surface area contributed by atoms with Crippen molar-refractivity contribution >= 4 is 62.1 Å². The molecule has 0 fully saturated rings. The van der Waals surface area contributed by atoms with Crippen LogP contribution in [0.3, 0.4) is 0 Å². The molecule has 0 radical (unpaired) electrons. The predicted molar refractivity (Wildman–Crippen MR) is 259 cm³/mol.